The summed E-state index contributed by atoms with van der Waals surface area (Å²) in [6.45, 7) is 6.81. The van der Waals surface area contributed by atoms with Crippen molar-refractivity contribution in [3.8, 4) is 22.8 Å². The third-order valence-corrected chi connectivity index (χ3v) is 9.90. The highest BCUT2D eigenvalue weighted by molar-refractivity contribution is 6.01. The monoisotopic (exact) mass is 673 g/mol. The van der Waals surface area contributed by atoms with Gasteiger partial charge in [-0.05, 0) is 85.5 Å². The highest BCUT2D eigenvalue weighted by atomic mass is 16.5. The number of nitrogens with two attached hydrogens (primary N) is 1. The van der Waals surface area contributed by atoms with Crippen LogP contribution in [0.2, 0.25) is 0 Å². The summed E-state index contributed by atoms with van der Waals surface area (Å²) in [7, 11) is 0. The van der Waals surface area contributed by atoms with Gasteiger partial charge in [0, 0.05) is 69.5 Å². The Labute approximate surface area is 292 Å². The van der Waals surface area contributed by atoms with Crippen molar-refractivity contribution in [2.75, 3.05) is 49.5 Å². The molecule has 3 saturated heterocycles. The van der Waals surface area contributed by atoms with Crippen LogP contribution >= 0.6 is 0 Å². The number of benzene rings is 3. The summed E-state index contributed by atoms with van der Waals surface area (Å²) >= 11 is 0. The number of piperidine rings is 2. The molecule has 3 aromatic carbocycles. The zero-order valence-corrected chi connectivity index (χ0v) is 28.1. The maximum absolute atomic E-state index is 12.3. The fourth-order valence-electron chi connectivity index (χ4n) is 7.09. The molecule has 0 bridgehead atoms. The normalized spacial score (nSPS) is 19.2. The van der Waals surface area contributed by atoms with Crippen molar-refractivity contribution >= 4 is 29.2 Å². The Morgan fingerprint density at radius 3 is 2.20 bits per heavy atom. The summed E-state index contributed by atoms with van der Waals surface area (Å²) in [6, 6.07) is 29.3. The molecule has 50 heavy (non-hydrogen) atoms. The zero-order valence-electron chi connectivity index (χ0n) is 28.1. The fraction of sp³-hybridized carbons (Fsp3) is 0.333. The van der Waals surface area contributed by atoms with E-state index in [0.717, 1.165) is 81.5 Å². The first-order valence-electron chi connectivity index (χ1n) is 17.4. The van der Waals surface area contributed by atoms with E-state index in [4.69, 9.17) is 15.5 Å². The van der Waals surface area contributed by atoms with Crippen molar-refractivity contribution in [3.63, 3.8) is 0 Å². The lowest BCUT2D eigenvalue weighted by atomic mass is 10.0. The maximum atomic E-state index is 12.3. The Bertz CT molecular complexity index is 1800. The molecule has 0 saturated carbocycles. The van der Waals surface area contributed by atoms with Gasteiger partial charge in [0.2, 0.25) is 11.8 Å². The van der Waals surface area contributed by atoms with Gasteiger partial charge in [0.05, 0.1) is 11.3 Å². The molecule has 258 valence electrons. The van der Waals surface area contributed by atoms with Crippen LogP contribution in [-0.2, 0) is 16.1 Å². The van der Waals surface area contributed by atoms with Gasteiger partial charge in [0.15, 0.2) is 0 Å². The fourth-order valence-corrected chi connectivity index (χ4v) is 7.09. The second-order valence-corrected chi connectivity index (χ2v) is 13.2. The standard InChI is InChI=1S/C39H43N7O4/c40-38(48)33-14-16-35(42-37(33)28-8-12-32(13-9-28)50-31-4-2-1-3-5-31)46-20-18-30(19-21-46)45-24-22-44(23-25-45)26-27-6-10-29(11-7-27)41-34-15-17-36(47)43-39(34)49/h1-14,16,30,34,41H,15,17-26H2,(H2,40,48)(H,43,47,49). The van der Waals surface area contributed by atoms with Gasteiger partial charge in [-0.2, -0.15) is 0 Å². The minimum absolute atomic E-state index is 0.206. The van der Waals surface area contributed by atoms with Crippen LogP contribution in [0.1, 0.15) is 41.6 Å². The topological polar surface area (TPSA) is 133 Å². The molecule has 0 spiro atoms. The van der Waals surface area contributed by atoms with Gasteiger partial charge in [-0.25, -0.2) is 4.98 Å². The molecule has 3 aliphatic rings. The number of pyridine rings is 1. The lowest BCUT2D eigenvalue weighted by Crippen LogP contribution is -2.53. The van der Waals surface area contributed by atoms with Crippen LogP contribution in [0.15, 0.2) is 91.0 Å². The largest absolute Gasteiger partial charge is 0.457 e. The Morgan fingerprint density at radius 1 is 0.820 bits per heavy atom. The summed E-state index contributed by atoms with van der Waals surface area (Å²) in [5.74, 6) is 1.36. The van der Waals surface area contributed by atoms with E-state index in [2.05, 4.69) is 37.5 Å². The van der Waals surface area contributed by atoms with Crippen LogP contribution in [0.4, 0.5) is 11.5 Å². The van der Waals surface area contributed by atoms with Crippen LogP contribution < -0.4 is 26.0 Å². The lowest BCUT2D eigenvalue weighted by molar-refractivity contribution is -0.133. The number of para-hydroxylation sites is 1. The van der Waals surface area contributed by atoms with Crippen molar-refractivity contribution in [2.45, 2.75) is 44.3 Å². The molecule has 11 heteroatoms. The molecule has 1 atom stereocenters. The van der Waals surface area contributed by atoms with E-state index in [0.29, 0.717) is 35.9 Å². The van der Waals surface area contributed by atoms with E-state index in [-0.39, 0.29) is 17.9 Å². The molecule has 1 aromatic heterocycles. The third-order valence-electron chi connectivity index (χ3n) is 9.90. The first-order chi connectivity index (χ1) is 24.4. The second kappa shape index (κ2) is 15.1. The van der Waals surface area contributed by atoms with E-state index in [9.17, 15) is 14.4 Å². The molecule has 1 unspecified atom stereocenters. The number of nitrogens with one attached hydrogen (secondary N) is 2. The number of ether oxygens (including phenoxy) is 1. The van der Waals surface area contributed by atoms with Crippen LogP contribution in [0, 0.1) is 0 Å². The molecule has 7 rings (SSSR count). The minimum atomic E-state index is -0.500. The number of rotatable bonds is 10. The minimum Gasteiger partial charge on any atom is -0.457 e. The Hall–Kier alpha value is -5.26. The first-order valence-corrected chi connectivity index (χ1v) is 17.4. The van der Waals surface area contributed by atoms with Crippen molar-refractivity contribution in [2.24, 2.45) is 5.73 Å². The number of nitrogens with zero attached hydrogens (tertiary/aromatic N) is 4. The number of carbonyl (C=O) groups is 3. The number of carbonyl (C=O) groups excluding carboxylic acids is 3. The number of imide groups is 1. The predicted molar refractivity (Wildman–Crippen MR) is 193 cm³/mol. The van der Waals surface area contributed by atoms with Crippen molar-refractivity contribution in [3.05, 3.63) is 102 Å². The second-order valence-electron chi connectivity index (χ2n) is 13.2. The Kier molecular flexibility index (Phi) is 10.0. The first kappa shape index (κ1) is 33.2. The van der Waals surface area contributed by atoms with E-state index in [1.807, 2.05) is 72.8 Å². The highest BCUT2D eigenvalue weighted by Gasteiger charge is 2.29. The number of hydrogen-bond acceptors (Lipinski definition) is 9. The molecule has 0 radical (unpaired) electrons. The summed E-state index contributed by atoms with van der Waals surface area (Å²) in [4.78, 5) is 48.2. The zero-order chi connectivity index (χ0) is 34.5. The van der Waals surface area contributed by atoms with Crippen LogP contribution in [-0.4, -0.2) is 83.9 Å². The lowest BCUT2D eigenvalue weighted by Gasteiger charge is -2.43. The van der Waals surface area contributed by atoms with E-state index in [1.54, 1.807) is 6.07 Å². The summed E-state index contributed by atoms with van der Waals surface area (Å²) in [5.41, 5.74) is 9.69. The molecular formula is C39H43N7O4. The van der Waals surface area contributed by atoms with Gasteiger partial charge in [0.1, 0.15) is 23.4 Å². The van der Waals surface area contributed by atoms with Gasteiger partial charge in [-0.15, -0.1) is 0 Å². The number of hydrogen-bond donors (Lipinski definition) is 3. The Balaban J connectivity index is 0.899. The molecule has 11 nitrogen and oxygen atoms in total. The van der Waals surface area contributed by atoms with Gasteiger partial charge >= 0.3 is 0 Å². The third kappa shape index (κ3) is 7.96. The smallest absolute Gasteiger partial charge is 0.250 e. The Morgan fingerprint density at radius 2 is 1.52 bits per heavy atom. The quantitative estimate of drug-likeness (QED) is 0.206. The SMILES string of the molecule is NC(=O)c1ccc(N2CCC(N3CCN(Cc4ccc(NC5CCC(=O)NC5=O)cc4)CC3)CC2)nc1-c1ccc(Oc2ccccc2)cc1. The maximum Gasteiger partial charge on any atom is 0.250 e. The number of amides is 3. The van der Waals surface area contributed by atoms with Crippen molar-refractivity contribution < 1.29 is 19.1 Å². The van der Waals surface area contributed by atoms with Gasteiger partial charge in [-0.1, -0.05) is 30.3 Å². The number of aromatic nitrogens is 1. The molecule has 4 N–H and O–H groups in total. The van der Waals surface area contributed by atoms with E-state index >= 15 is 0 Å². The van der Waals surface area contributed by atoms with Gasteiger partial charge < -0.3 is 20.7 Å². The van der Waals surface area contributed by atoms with Crippen LogP contribution in [0.5, 0.6) is 11.5 Å². The van der Waals surface area contributed by atoms with Gasteiger partial charge in [0.25, 0.3) is 5.91 Å². The van der Waals surface area contributed by atoms with E-state index < -0.39 is 5.91 Å². The van der Waals surface area contributed by atoms with Crippen molar-refractivity contribution in [1.82, 2.24) is 20.1 Å². The van der Waals surface area contributed by atoms with Crippen molar-refractivity contribution in [1.29, 1.82) is 0 Å². The van der Waals surface area contributed by atoms with Crippen LogP contribution in [0.3, 0.4) is 0 Å². The van der Waals surface area contributed by atoms with E-state index in [1.165, 1.54) is 5.56 Å². The molecule has 3 aliphatic heterocycles. The number of piperazine rings is 1. The molecule has 3 amide bonds. The number of anilines is 2. The predicted octanol–water partition coefficient (Wildman–Crippen LogP) is 4.64. The molecule has 4 aromatic rings. The highest BCUT2D eigenvalue weighted by Crippen LogP contribution is 2.30. The summed E-state index contributed by atoms with van der Waals surface area (Å²) in [5, 5.41) is 5.65. The van der Waals surface area contributed by atoms with Gasteiger partial charge in [-0.3, -0.25) is 29.5 Å². The van der Waals surface area contributed by atoms with Crippen LogP contribution in [0.25, 0.3) is 11.3 Å². The average Bonchev–Trinajstić information content (AvgIpc) is 3.14. The molecule has 0 aliphatic carbocycles. The summed E-state index contributed by atoms with van der Waals surface area (Å²) in [6.07, 6.45) is 2.99. The molecule has 3 fully saturated rings. The summed E-state index contributed by atoms with van der Waals surface area (Å²) < 4.78 is 5.94. The number of primary amides is 1. The molecule has 4 heterocycles. The molecular weight excluding hydrogens is 630 g/mol. The average molecular weight is 674 g/mol.